The third-order valence-electron chi connectivity index (χ3n) is 1.99. The number of anilines is 1. The number of aliphatic hydroxyl groups excluding tert-OH is 1. The molecule has 0 saturated heterocycles. The van der Waals surface area contributed by atoms with Crippen LogP contribution in [0.25, 0.3) is 0 Å². The zero-order valence-electron chi connectivity index (χ0n) is 8.64. The fourth-order valence-corrected chi connectivity index (χ4v) is 1.29. The Kier molecular flexibility index (Phi) is 3.99. The Labute approximate surface area is 88.3 Å². The summed E-state index contributed by atoms with van der Waals surface area (Å²) in [6.45, 7) is 3.10. The number of amidine groups is 1. The van der Waals surface area contributed by atoms with Crippen molar-refractivity contribution in [1.29, 1.82) is 5.41 Å². The monoisotopic (exact) mass is 209 g/mol. The van der Waals surface area contributed by atoms with E-state index in [-0.39, 0.29) is 12.4 Å². The van der Waals surface area contributed by atoms with Gasteiger partial charge in [0.15, 0.2) is 5.82 Å². The molecule has 0 aliphatic rings. The van der Waals surface area contributed by atoms with Gasteiger partial charge in [0, 0.05) is 25.5 Å². The number of hydrogen-bond donors (Lipinski definition) is 3. The van der Waals surface area contributed by atoms with Crippen molar-refractivity contribution in [2.24, 2.45) is 5.73 Å². The van der Waals surface area contributed by atoms with Crippen LogP contribution in [0.5, 0.6) is 0 Å². The number of aliphatic hydroxyl groups is 1. The van der Waals surface area contributed by atoms with Gasteiger partial charge in [-0.3, -0.25) is 5.41 Å². The van der Waals surface area contributed by atoms with Crippen LogP contribution >= 0.6 is 0 Å². The van der Waals surface area contributed by atoms with Gasteiger partial charge < -0.3 is 15.7 Å². The molecule has 1 heterocycles. The standard InChI is InChI=1S/C9H15N5O/c1-2-14(5-6-15)9-7(8(10)11)12-3-4-13-9/h3-4,15H,2,5-6H2,1H3,(H3,10,11). The molecule has 6 nitrogen and oxygen atoms in total. The minimum atomic E-state index is -0.116. The van der Waals surface area contributed by atoms with E-state index >= 15 is 0 Å². The lowest BCUT2D eigenvalue weighted by Crippen LogP contribution is -2.30. The predicted octanol–water partition coefficient (Wildman–Crippen LogP) is -0.421. The molecule has 0 saturated carbocycles. The van der Waals surface area contributed by atoms with E-state index in [1.54, 1.807) is 6.20 Å². The maximum absolute atomic E-state index is 8.88. The van der Waals surface area contributed by atoms with Gasteiger partial charge in [-0.25, -0.2) is 9.97 Å². The van der Waals surface area contributed by atoms with Crippen LogP contribution in [0.4, 0.5) is 5.82 Å². The van der Waals surface area contributed by atoms with Gasteiger partial charge in [0.25, 0.3) is 0 Å². The molecule has 0 aliphatic carbocycles. The Morgan fingerprint density at radius 2 is 2.20 bits per heavy atom. The normalized spacial score (nSPS) is 10.0. The smallest absolute Gasteiger partial charge is 0.158 e. The largest absolute Gasteiger partial charge is 0.395 e. The summed E-state index contributed by atoms with van der Waals surface area (Å²) in [6.07, 6.45) is 3.04. The van der Waals surface area contributed by atoms with E-state index in [2.05, 4.69) is 9.97 Å². The first-order valence-corrected chi connectivity index (χ1v) is 4.72. The molecule has 0 atom stereocenters. The highest BCUT2D eigenvalue weighted by Gasteiger charge is 2.13. The van der Waals surface area contributed by atoms with Crippen molar-refractivity contribution in [3.63, 3.8) is 0 Å². The number of nitrogens with one attached hydrogen (secondary N) is 1. The third-order valence-corrected chi connectivity index (χ3v) is 1.99. The maximum Gasteiger partial charge on any atom is 0.158 e. The van der Waals surface area contributed by atoms with Crippen molar-refractivity contribution < 1.29 is 5.11 Å². The first-order valence-electron chi connectivity index (χ1n) is 4.72. The van der Waals surface area contributed by atoms with E-state index in [4.69, 9.17) is 16.2 Å². The first kappa shape index (κ1) is 11.4. The minimum Gasteiger partial charge on any atom is -0.395 e. The summed E-state index contributed by atoms with van der Waals surface area (Å²) in [5, 5.41) is 16.2. The SMILES string of the molecule is CCN(CCO)c1nccnc1C(=N)N. The average molecular weight is 209 g/mol. The molecule has 0 fully saturated rings. The van der Waals surface area contributed by atoms with Gasteiger partial charge in [-0.2, -0.15) is 0 Å². The Morgan fingerprint density at radius 1 is 1.53 bits per heavy atom. The van der Waals surface area contributed by atoms with Gasteiger partial charge in [-0.05, 0) is 6.92 Å². The molecule has 0 bridgehead atoms. The van der Waals surface area contributed by atoms with Crippen molar-refractivity contribution in [2.75, 3.05) is 24.6 Å². The van der Waals surface area contributed by atoms with Crippen LogP contribution in [0, 0.1) is 5.41 Å². The Morgan fingerprint density at radius 3 is 2.73 bits per heavy atom. The van der Waals surface area contributed by atoms with Gasteiger partial charge in [-0.1, -0.05) is 0 Å². The van der Waals surface area contributed by atoms with Gasteiger partial charge in [0.2, 0.25) is 0 Å². The van der Waals surface area contributed by atoms with Crippen LogP contribution < -0.4 is 10.6 Å². The zero-order chi connectivity index (χ0) is 11.3. The average Bonchev–Trinajstić information content (AvgIpc) is 2.26. The Balaban J connectivity index is 3.04. The van der Waals surface area contributed by atoms with Crippen LogP contribution in [0.3, 0.4) is 0 Å². The van der Waals surface area contributed by atoms with E-state index in [9.17, 15) is 0 Å². The van der Waals surface area contributed by atoms with Crippen molar-refractivity contribution in [3.05, 3.63) is 18.1 Å². The topological polar surface area (TPSA) is 99.1 Å². The maximum atomic E-state index is 8.88. The lowest BCUT2D eigenvalue weighted by atomic mass is 10.3. The number of nitrogens with zero attached hydrogens (tertiary/aromatic N) is 3. The zero-order valence-corrected chi connectivity index (χ0v) is 8.64. The number of nitrogen functional groups attached to an aromatic ring is 1. The molecule has 1 rings (SSSR count). The third kappa shape index (κ3) is 2.63. The number of hydrogen-bond acceptors (Lipinski definition) is 5. The number of nitrogens with two attached hydrogens (primary N) is 1. The lowest BCUT2D eigenvalue weighted by molar-refractivity contribution is 0.302. The molecule has 4 N–H and O–H groups in total. The van der Waals surface area contributed by atoms with Crippen molar-refractivity contribution in [3.8, 4) is 0 Å². The van der Waals surface area contributed by atoms with E-state index in [1.165, 1.54) is 6.20 Å². The number of rotatable bonds is 5. The fraction of sp³-hybridized carbons (Fsp3) is 0.444. The molecular weight excluding hydrogens is 194 g/mol. The van der Waals surface area contributed by atoms with Crippen LogP contribution in [0.15, 0.2) is 12.4 Å². The molecular formula is C9H15N5O. The molecule has 15 heavy (non-hydrogen) atoms. The summed E-state index contributed by atoms with van der Waals surface area (Å²) >= 11 is 0. The molecule has 82 valence electrons. The molecule has 0 spiro atoms. The summed E-state index contributed by atoms with van der Waals surface area (Å²) in [6, 6.07) is 0. The second kappa shape index (κ2) is 5.26. The second-order valence-electron chi connectivity index (χ2n) is 2.95. The molecule has 0 aromatic carbocycles. The quantitative estimate of drug-likeness (QED) is 0.452. The molecule has 0 unspecified atom stereocenters. The first-order chi connectivity index (χ1) is 7.20. The van der Waals surface area contributed by atoms with Crippen molar-refractivity contribution >= 4 is 11.7 Å². The van der Waals surface area contributed by atoms with E-state index in [0.717, 1.165) is 0 Å². The van der Waals surface area contributed by atoms with Gasteiger partial charge in [0.05, 0.1) is 6.61 Å². The molecule has 1 aromatic heterocycles. The van der Waals surface area contributed by atoms with E-state index < -0.39 is 0 Å². The highest BCUT2D eigenvalue weighted by molar-refractivity contribution is 5.97. The molecule has 6 heteroatoms. The Hall–Kier alpha value is -1.69. The molecule has 0 radical (unpaired) electrons. The van der Waals surface area contributed by atoms with E-state index in [0.29, 0.717) is 24.6 Å². The summed E-state index contributed by atoms with van der Waals surface area (Å²) in [5.74, 6) is 0.427. The fourth-order valence-electron chi connectivity index (χ4n) is 1.29. The Bertz CT molecular complexity index is 341. The van der Waals surface area contributed by atoms with Crippen molar-refractivity contribution in [2.45, 2.75) is 6.92 Å². The lowest BCUT2D eigenvalue weighted by Gasteiger charge is -2.22. The number of aromatic nitrogens is 2. The second-order valence-corrected chi connectivity index (χ2v) is 2.95. The van der Waals surface area contributed by atoms with E-state index in [1.807, 2.05) is 11.8 Å². The molecule has 0 amide bonds. The van der Waals surface area contributed by atoms with Crippen LogP contribution in [-0.4, -0.2) is 40.6 Å². The highest BCUT2D eigenvalue weighted by Crippen LogP contribution is 2.13. The van der Waals surface area contributed by atoms with Gasteiger partial charge in [-0.15, -0.1) is 0 Å². The van der Waals surface area contributed by atoms with Gasteiger partial charge >= 0.3 is 0 Å². The van der Waals surface area contributed by atoms with Crippen LogP contribution in [0.2, 0.25) is 0 Å². The van der Waals surface area contributed by atoms with Crippen LogP contribution in [-0.2, 0) is 0 Å². The van der Waals surface area contributed by atoms with Gasteiger partial charge in [0.1, 0.15) is 11.5 Å². The highest BCUT2D eigenvalue weighted by atomic mass is 16.3. The van der Waals surface area contributed by atoms with Crippen molar-refractivity contribution in [1.82, 2.24) is 9.97 Å². The number of likely N-dealkylation sites (N-methyl/N-ethyl adjacent to an activating group) is 1. The summed E-state index contributed by atoms with van der Waals surface area (Å²) in [5.41, 5.74) is 5.75. The summed E-state index contributed by atoms with van der Waals surface area (Å²) in [4.78, 5) is 9.94. The molecule has 1 aromatic rings. The predicted molar refractivity (Wildman–Crippen MR) is 58.0 cm³/mol. The summed E-state index contributed by atoms with van der Waals surface area (Å²) < 4.78 is 0. The minimum absolute atomic E-state index is 0.0295. The summed E-state index contributed by atoms with van der Waals surface area (Å²) in [7, 11) is 0. The molecule has 0 aliphatic heterocycles. The van der Waals surface area contributed by atoms with Crippen LogP contribution in [0.1, 0.15) is 12.6 Å².